The fraction of sp³-hybridized carbons (Fsp3) is 0.0833. The van der Waals surface area contributed by atoms with Crippen LogP contribution in [0.25, 0.3) is 10.8 Å². The molecule has 78 valence electrons. The molecule has 0 radical (unpaired) electrons. The van der Waals surface area contributed by atoms with Crippen molar-refractivity contribution in [2.75, 3.05) is 0 Å². The predicted octanol–water partition coefficient (Wildman–Crippen LogP) is 2.93. The zero-order valence-electron chi connectivity index (χ0n) is 8.60. The number of hydrogen-bond acceptors (Lipinski definition) is 3. The van der Waals surface area contributed by atoms with Crippen molar-refractivity contribution in [1.82, 2.24) is 0 Å². The Kier molecular flexibility index (Phi) is 2.29. The first-order valence-corrected chi connectivity index (χ1v) is 4.71. The number of aryl methyl sites for hydroxylation is 1. The molecule has 0 atom stereocenters. The van der Waals surface area contributed by atoms with Crippen LogP contribution in [-0.4, -0.2) is 4.92 Å². The number of nitro groups is 1. The van der Waals surface area contributed by atoms with Gasteiger partial charge in [0.05, 0.1) is 21.9 Å². The third-order valence-corrected chi connectivity index (χ3v) is 2.40. The number of hydrogen-bond donors (Lipinski definition) is 0. The van der Waals surface area contributed by atoms with Crippen molar-refractivity contribution >= 4 is 16.5 Å². The van der Waals surface area contributed by atoms with E-state index in [1.54, 1.807) is 18.2 Å². The summed E-state index contributed by atoms with van der Waals surface area (Å²) in [6, 6.07) is 10.3. The Bertz CT molecular complexity index is 627. The van der Waals surface area contributed by atoms with Gasteiger partial charge in [0.25, 0.3) is 5.69 Å². The second kappa shape index (κ2) is 3.63. The van der Waals surface area contributed by atoms with Gasteiger partial charge in [-0.15, -0.1) is 0 Å². The van der Waals surface area contributed by atoms with E-state index in [0.29, 0.717) is 10.9 Å². The zero-order chi connectivity index (χ0) is 11.7. The molecule has 0 amide bonds. The highest BCUT2D eigenvalue weighted by Gasteiger charge is 2.12. The largest absolute Gasteiger partial charge is 0.277 e. The second-order valence-electron chi connectivity index (χ2n) is 3.59. The van der Waals surface area contributed by atoms with Gasteiger partial charge in [0, 0.05) is 6.07 Å². The van der Waals surface area contributed by atoms with Crippen LogP contribution >= 0.6 is 0 Å². The van der Waals surface area contributed by atoms with Gasteiger partial charge in [-0.1, -0.05) is 12.1 Å². The number of fused-ring (bicyclic) bond motifs is 1. The molecule has 0 bridgehead atoms. The molecule has 2 aromatic carbocycles. The van der Waals surface area contributed by atoms with Crippen LogP contribution < -0.4 is 0 Å². The number of rotatable bonds is 1. The number of non-ortho nitro benzene ring substituents is 1. The minimum Gasteiger partial charge on any atom is -0.258 e. The van der Waals surface area contributed by atoms with E-state index in [0.717, 1.165) is 10.9 Å². The molecule has 0 aliphatic carbocycles. The Morgan fingerprint density at radius 3 is 2.69 bits per heavy atom. The maximum absolute atomic E-state index is 10.9. The van der Waals surface area contributed by atoms with Gasteiger partial charge >= 0.3 is 0 Å². The quantitative estimate of drug-likeness (QED) is 0.539. The molecule has 0 saturated heterocycles. The lowest BCUT2D eigenvalue weighted by Crippen LogP contribution is -1.91. The molecule has 16 heavy (non-hydrogen) atoms. The standard InChI is InChI=1S/C12H8N2O2/c1-8-4-10-3-2-9(7-13)6-11(10)12(5-8)14(15)16/h2-6H,1H3. The highest BCUT2D eigenvalue weighted by Crippen LogP contribution is 2.27. The lowest BCUT2D eigenvalue weighted by atomic mass is 10.0. The van der Waals surface area contributed by atoms with Crippen LogP contribution in [-0.2, 0) is 0 Å². The monoisotopic (exact) mass is 212 g/mol. The summed E-state index contributed by atoms with van der Waals surface area (Å²) in [6.45, 7) is 1.81. The van der Waals surface area contributed by atoms with Crippen LogP contribution in [0.3, 0.4) is 0 Å². The Labute approximate surface area is 91.9 Å². The molecule has 0 aromatic heterocycles. The summed E-state index contributed by atoms with van der Waals surface area (Å²) in [5.74, 6) is 0. The smallest absolute Gasteiger partial charge is 0.258 e. The third-order valence-electron chi connectivity index (χ3n) is 2.40. The molecule has 0 aliphatic rings. The molecular weight excluding hydrogens is 204 g/mol. The van der Waals surface area contributed by atoms with E-state index in [-0.39, 0.29) is 5.69 Å². The van der Waals surface area contributed by atoms with Gasteiger partial charge in [-0.2, -0.15) is 5.26 Å². The van der Waals surface area contributed by atoms with Crippen molar-refractivity contribution in [2.24, 2.45) is 0 Å². The number of nitrogens with zero attached hydrogens (tertiary/aromatic N) is 2. The summed E-state index contributed by atoms with van der Waals surface area (Å²) in [5.41, 5.74) is 1.32. The summed E-state index contributed by atoms with van der Waals surface area (Å²) in [4.78, 5) is 10.5. The van der Waals surface area contributed by atoms with Crippen LogP contribution in [0, 0.1) is 28.4 Å². The van der Waals surface area contributed by atoms with Crippen LogP contribution in [0.1, 0.15) is 11.1 Å². The van der Waals surface area contributed by atoms with E-state index in [1.807, 2.05) is 19.1 Å². The van der Waals surface area contributed by atoms with Gasteiger partial charge in [-0.3, -0.25) is 10.1 Å². The van der Waals surface area contributed by atoms with Gasteiger partial charge in [0.2, 0.25) is 0 Å². The van der Waals surface area contributed by atoms with Gasteiger partial charge < -0.3 is 0 Å². The summed E-state index contributed by atoms with van der Waals surface area (Å²) >= 11 is 0. The summed E-state index contributed by atoms with van der Waals surface area (Å²) in [7, 11) is 0. The first kappa shape index (κ1) is 10.1. The minimum atomic E-state index is -0.420. The lowest BCUT2D eigenvalue weighted by molar-refractivity contribution is -0.383. The van der Waals surface area contributed by atoms with E-state index < -0.39 is 4.92 Å². The summed E-state index contributed by atoms with van der Waals surface area (Å²) in [5, 5.41) is 20.9. The fourth-order valence-corrected chi connectivity index (χ4v) is 1.70. The minimum absolute atomic E-state index is 0.0482. The molecule has 2 aromatic rings. The Balaban J connectivity index is 2.87. The van der Waals surface area contributed by atoms with Gasteiger partial charge in [0.15, 0.2) is 0 Å². The Morgan fingerprint density at radius 1 is 1.31 bits per heavy atom. The fourth-order valence-electron chi connectivity index (χ4n) is 1.70. The predicted molar refractivity (Wildman–Crippen MR) is 60.1 cm³/mol. The number of nitro benzene ring substituents is 1. The highest BCUT2D eigenvalue weighted by atomic mass is 16.6. The number of benzene rings is 2. The molecule has 0 heterocycles. The van der Waals surface area contributed by atoms with E-state index in [9.17, 15) is 10.1 Å². The molecule has 0 spiro atoms. The van der Waals surface area contributed by atoms with Crippen molar-refractivity contribution in [3.63, 3.8) is 0 Å². The molecule has 0 N–H and O–H groups in total. The molecular formula is C12H8N2O2. The van der Waals surface area contributed by atoms with Crippen molar-refractivity contribution < 1.29 is 4.92 Å². The molecule has 4 heteroatoms. The molecule has 4 nitrogen and oxygen atoms in total. The Hall–Kier alpha value is -2.41. The second-order valence-corrected chi connectivity index (χ2v) is 3.59. The van der Waals surface area contributed by atoms with Crippen molar-refractivity contribution in [3.05, 3.63) is 51.6 Å². The zero-order valence-corrected chi connectivity index (χ0v) is 8.60. The molecule has 0 fully saturated rings. The maximum atomic E-state index is 10.9. The normalized spacial score (nSPS) is 10.0. The highest BCUT2D eigenvalue weighted by molar-refractivity contribution is 5.92. The van der Waals surface area contributed by atoms with Crippen molar-refractivity contribution in [3.8, 4) is 6.07 Å². The van der Waals surface area contributed by atoms with Crippen LogP contribution in [0.15, 0.2) is 30.3 Å². The van der Waals surface area contributed by atoms with Gasteiger partial charge in [0.1, 0.15) is 0 Å². The van der Waals surface area contributed by atoms with Gasteiger partial charge in [-0.05, 0) is 30.0 Å². The van der Waals surface area contributed by atoms with E-state index in [4.69, 9.17) is 5.26 Å². The average Bonchev–Trinajstić information content (AvgIpc) is 2.27. The third kappa shape index (κ3) is 1.59. The maximum Gasteiger partial charge on any atom is 0.277 e. The molecule has 0 saturated carbocycles. The lowest BCUT2D eigenvalue weighted by Gasteiger charge is -2.01. The summed E-state index contributed by atoms with van der Waals surface area (Å²) in [6.07, 6.45) is 0. The van der Waals surface area contributed by atoms with E-state index in [1.165, 1.54) is 6.07 Å². The first-order valence-electron chi connectivity index (χ1n) is 4.71. The van der Waals surface area contributed by atoms with Gasteiger partial charge in [-0.25, -0.2) is 0 Å². The van der Waals surface area contributed by atoms with Crippen molar-refractivity contribution in [1.29, 1.82) is 5.26 Å². The van der Waals surface area contributed by atoms with Crippen LogP contribution in [0.5, 0.6) is 0 Å². The molecule has 0 unspecified atom stereocenters. The number of nitriles is 1. The average molecular weight is 212 g/mol. The van der Waals surface area contributed by atoms with Crippen LogP contribution in [0.4, 0.5) is 5.69 Å². The van der Waals surface area contributed by atoms with E-state index >= 15 is 0 Å². The summed E-state index contributed by atoms with van der Waals surface area (Å²) < 4.78 is 0. The first-order chi connectivity index (χ1) is 7.61. The molecule has 0 aliphatic heterocycles. The SMILES string of the molecule is Cc1cc([N+](=O)[O-])c2cc(C#N)ccc2c1. The molecule has 2 rings (SSSR count). The Morgan fingerprint density at radius 2 is 2.06 bits per heavy atom. The van der Waals surface area contributed by atoms with Crippen molar-refractivity contribution in [2.45, 2.75) is 6.92 Å². The topological polar surface area (TPSA) is 66.9 Å². The van der Waals surface area contributed by atoms with E-state index in [2.05, 4.69) is 0 Å². The van der Waals surface area contributed by atoms with Crippen LogP contribution in [0.2, 0.25) is 0 Å².